The summed E-state index contributed by atoms with van der Waals surface area (Å²) in [5.74, 6) is 0. The number of para-hydroxylation sites is 1. The number of nitrogens with one attached hydrogen (secondary N) is 1. The van der Waals surface area contributed by atoms with Gasteiger partial charge in [-0.1, -0.05) is 64.5 Å². The van der Waals surface area contributed by atoms with Gasteiger partial charge in [-0.05, 0) is 11.6 Å². The minimum atomic E-state index is 0.955. The van der Waals surface area contributed by atoms with Crippen LogP contribution in [-0.2, 0) is 0 Å². The highest BCUT2D eigenvalue weighted by Gasteiger charge is 1.98. The van der Waals surface area contributed by atoms with E-state index in [-0.39, 0.29) is 0 Å². The summed E-state index contributed by atoms with van der Waals surface area (Å²) in [6.07, 6.45) is 5.52. The lowest BCUT2D eigenvalue weighted by atomic mass is 10.1. The molecule has 1 nitrogen and oxygen atoms in total. The Hall–Kier alpha value is -1.24. The number of anilines is 1. The van der Waals surface area contributed by atoms with E-state index in [0.717, 1.165) is 6.54 Å². The molecular weight excluding hydrogens is 182 g/mol. The van der Waals surface area contributed by atoms with E-state index in [1.165, 1.54) is 17.7 Å². The van der Waals surface area contributed by atoms with Crippen LogP contribution in [0.3, 0.4) is 0 Å². The van der Waals surface area contributed by atoms with Crippen molar-refractivity contribution in [2.75, 3.05) is 11.9 Å². The van der Waals surface area contributed by atoms with Crippen molar-refractivity contribution in [1.82, 2.24) is 0 Å². The first-order valence-electron chi connectivity index (χ1n) is 5.88. The largest absolute Gasteiger partial charge is 0.381 e. The molecule has 1 heterocycles. The van der Waals surface area contributed by atoms with Crippen molar-refractivity contribution in [3.63, 3.8) is 0 Å². The van der Waals surface area contributed by atoms with Crippen LogP contribution in [0.5, 0.6) is 0 Å². The first kappa shape index (κ1) is 13.8. The Balaban J connectivity index is 0.000000342. The molecule has 0 fully saturated rings. The van der Waals surface area contributed by atoms with Gasteiger partial charge in [0.15, 0.2) is 0 Å². The van der Waals surface area contributed by atoms with Gasteiger partial charge < -0.3 is 5.32 Å². The second-order valence-corrected chi connectivity index (χ2v) is 3.08. The minimum Gasteiger partial charge on any atom is -0.381 e. The summed E-state index contributed by atoms with van der Waals surface area (Å²) < 4.78 is 0. The molecule has 0 aliphatic carbocycles. The molecule has 1 aromatic carbocycles. The lowest BCUT2D eigenvalue weighted by molar-refractivity contribution is 1.09. The molecule has 0 unspecified atom stereocenters. The summed E-state index contributed by atoms with van der Waals surface area (Å²) in [4.78, 5) is 0. The Morgan fingerprint density at radius 1 is 1.13 bits per heavy atom. The fraction of sp³-hybridized carbons (Fsp3) is 0.429. The molecule has 0 aromatic heterocycles. The molecule has 1 aliphatic heterocycles. The van der Waals surface area contributed by atoms with Gasteiger partial charge in [-0.3, -0.25) is 0 Å². The fourth-order valence-corrected chi connectivity index (χ4v) is 1.16. The van der Waals surface area contributed by atoms with Crippen LogP contribution in [0, 0.1) is 0 Å². The summed E-state index contributed by atoms with van der Waals surface area (Å²) in [7, 11) is 0. The SMILES string of the molecule is C1=Cc2ccccc2NC1.CC.CCC. The van der Waals surface area contributed by atoms with Crippen molar-refractivity contribution in [2.24, 2.45) is 0 Å². The van der Waals surface area contributed by atoms with Crippen LogP contribution in [-0.4, -0.2) is 6.54 Å². The molecule has 0 saturated heterocycles. The molecule has 0 amide bonds. The summed E-state index contributed by atoms with van der Waals surface area (Å²) in [5, 5.41) is 3.28. The highest BCUT2D eigenvalue weighted by atomic mass is 14.9. The van der Waals surface area contributed by atoms with Crippen LogP contribution < -0.4 is 5.32 Å². The van der Waals surface area contributed by atoms with Crippen LogP contribution in [0.2, 0.25) is 0 Å². The maximum atomic E-state index is 3.28. The van der Waals surface area contributed by atoms with Crippen LogP contribution >= 0.6 is 0 Å². The summed E-state index contributed by atoms with van der Waals surface area (Å²) >= 11 is 0. The van der Waals surface area contributed by atoms with E-state index in [0.29, 0.717) is 0 Å². The molecule has 0 bridgehead atoms. The topological polar surface area (TPSA) is 12.0 Å². The summed E-state index contributed by atoms with van der Waals surface area (Å²) in [6, 6.07) is 8.30. The van der Waals surface area contributed by atoms with Gasteiger partial charge in [0.2, 0.25) is 0 Å². The molecule has 2 rings (SSSR count). The van der Waals surface area contributed by atoms with Crippen LogP contribution in [0.1, 0.15) is 39.7 Å². The molecule has 84 valence electrons. The maximum Gasteiger partial charge on any atom is 0.0416 e. The van der Waals surface area contributed by atoms with E-state index in [4.69, 9.17) is 0 Å². The van der Waals surface area contributed by atoms with Crippen molar-refractivity contribution in [3.05, 3.63) is 35.9 Å². The van der Waals surface area contributed by atoms with Crippen LogP contribution in [0.4, 0.5) is 5.69 Å². The highest BCUT2D eigenvalue weighted by Crippen LogP contribution is 2.18. The van der Waals surface area contributed by atoms with Gasteiger partial charge in [-0.2, -0.15) is 0 Å². The summed E-state index contributed by atoms with van der Waals surface area (Å²) in [5.41, 5.74) is 2.53. The zero-order chi connectivity index (χ0) is 11.5. The predicted octanol–water partition coefficient (Wildman–Crippen LogP) is 4.57. The average molecular weight is 205 g/mol. The second kappa shape index (κ2) is 9.32. The Morgan fingerprint density at radius 3 is 2.33 bits per heavy atom. The van der Waals surface area contributed by atoms with Gasteiger partial charge in [-0.25, -0.2) is 0 Å². The molecule has 1 N–H and O–H groups in total. The van der Waals surface area contributed by atoms with Crippen LogP contribution in [0.15, 0.2) is 30.3 Å². The van der Waals surface area contributed by atoms with Crippen molar-refractivity contribution in [3.8, 4) is 0 Å². The van der Waals surface area contributed by atoms with E-state index in [9.17, 15) is 0 Å². The van der Waals surface area contributed by atoms with E-state index in [2.05, 4.69) is 49.5 Å². The average Bonchev–Trinajstić information content (AvgIpc) is 2.33. The first-order valence-corrected chi connectivity index (χ1v) is 5.88. The van der Waals surface area contributed by atoms with Crippen molar-refractivity contribution in [2.45, 2.75) is 34.1 Å². The van der Waals surface area contributed by atoms with Crippen molar-refractivity contribution < 1.29 is 0 Å². The van der Waals surface area contributed by atoms with E-state index in [1.807, 2.05) is 19.9 Å². The first-order chi connectivity index (χ1) is 7.38. The number of rotatable bonds is 0. The highest BCUT2D eigenvalue weighted by molar-refractivity contribution is 5.69. The monoisotopic (exact) mass is 205 g/mol. The molecule has 0 atom stereocenters. The third kappa shape index (κ3) is 5.26. The Labute approximate surface area is 94.2 Å². The van der Waals surface area contributed by atoms with Gasteiger partial charge >= 0.3 is 0 Å². The van der Waals surface area contributed by atoms with E-state index in [1.54, 1.807) is 0 Å². The Bertz CT molecular complexity index is 276. The third-order valence-corrected chi connectivity index (χ3v) is 1.67. The smallest absolute Gasteiger partial charge is 0.0416 e. The van der Waals surface area contributed by atoms with Gasteiger partial charge in [0.1, 0.15) is 0 Å². The second-order valence-electron chi connectivity index (χ2n) is 3.08. The maximum absolute atomic E-state index is 3.28. The van der Waals surface area contributed by atoms with E-state index < -0.39 is 0 Å². The minimum absolute atomic E-state index is 0.955. The number of fused-ring (bicyclic) bond motifs is 1. The molecular formula is C14H23N. The molecule has 0 spiro atoms. The number of hydrogen-bond donors (Lipinski definition) is 1. The predicted molar refractivity (Wildman–Crippen MR) is 71.3 cm³/mol. The number of hydrogen-bond acceptors (Lipinski definition) is 1. The molecule has 1 aromatic rings. The summed E-state index contributed by atoms with van der Waals surface area (Å²) in [6.45, 7) is 9.21. The van der Waals surface area contributed by atoms with E-state index >= 15 is 0 Å². The lowest BCUT2D eigenvalue weighted by Gasteiger charge is -2.11. The third-order valence-electron chi connectivity index (χ3n) is 1.67. The molecule has 0 saturated carbocycles. The van der Waals surface area contributed by atoms with Gasteiger partial charge in [0, 0.05) is 12.2 Å². The zero-order valence-corrected chi connectivity index (χ0v) is 10.4. The zero-order valence-electron chi connectivity index (χ0n) is 10.4. The standard InChI is InChI=1S/C9H9N.C3H8.C2H6/c1-2-6-9-8(4-1)5-3-7-10-9;1-3-2;1-2/h1-6,10H,7H2;3H2,1-2H3;1-2H3. The molecule has 15 heavy (non-hydrogen) atoms. The molecule has 0 radical (unpaired) electrons. The number of benzene rings is 1. The molecule has 1 aliphatic rings. The van der Waals surface area contributed by atoms with Gasteiger partial charge in [0.25, 0.3) is 0 Å². The normalized spacial score (nSPS) is 10.9. The molecule has 1 heteroatoms. The lowest BCUT2D eigenvalue weighted by Crippen LogP contribution is -2.03. The quantitative estimate of drug-likeness (QED) is 0.654. The van der Waals surface area contributed by atoms with Gasteiger partial charge in [-0.15, -0.1) is 0 Å². The Morgan fingerprint density at radius 2 is 1.73 bits per heavy atom. The fourth-order valence-electron chi connectivity index (χ4n) is 1.16. The van der Waals surface area contributed by atoms with Crippen molar-refractivity contribution in [1.29, 1.82) is 0 Å². The Kier molecular flexibility index (Phi) is 8.55. The van der Waals surface area contributed by atoms with Crippen LogP contribution in [0.25, 0.3) is 6.08 Å². The van der Waals surface area contributed by atoms with Crippen molar-refractivity contribution >= 4 is 11.8 Å². The van der Waals surface area contributed by atoms with Gasteiger partial charge in [0.05, 0.1) is 0 Å².